The van der Waals surface area contributed by atoms with Gasteiger partial charge in [0.1, 0.15) is 0 Å². The summed E-state index contributed by atoms with van der Waals surface area (Å²) in [6.07, 6.45) is 0.125. The van der Waals surface area contributed by atoms with E-state index in [1.807, 2.05) is 0 Å². The zero-order chi connectivity index (χ0) is 14.5. The number of amides is 1. The Bertz CT molecular complexity index is 452. The lowest BCUT2D eigenvalue weighted by atomic mass is 10.3. The van der Waals surface area contributed by atoms with Gasteiger partial charge in [0.15, 0.2) is 5.13 Å². The SMILES string of the molecule is COC(=O)Cc1csc(NC(=O)CSC(C)(C)C)n1. The molecule has 1 aromatic rings. The molecule has 0 spiro atoms. The highest BCUT2D eigenvalue weighted by Gasteiger charge is 2.14. The lowest BCUT2D eigenvalue weighted by Gasteiger charge is -2.16. The van der Waals surface area contributed by atoms with Gasteiger partial charge in [-0.25, -0.2) is 4.98 Å². The molecule has 0 aliphatic carbocycles. The predicted octanol–water partition coefficient (Wildman–Crippen LogP) is 2.33. The van der Waals surface area contributed by atoms with Gasteiger partial charge in [0.05, 0.1) is 25.0 Å². The van der Waals surface area contributed by atoms with E-state index < -0.39 is 0 Å². The van der Waals surface area contributed by atoms with E-state index >= 15 is 0 Å². The van der Waals surface area contributed by atoms with E-state index in [4.69, 9.17) is 0 Å². The number of nitrogens with one attached hydrogen (secondary N) is 1. The van der Waals surface area contributed by atoms with Gasteiger partial charge in [-0.05, 0) is 0 Å². The minimum absolute atomic E-state index is 0.0518. The van der Waals surface area contributed by atoms with Crippen molar-refractivity contribution in [3.63, 3.8) is 0 Å². The molecule has 0 radical (unpaired) electrons. The van der Waals surface area contributed by atoms with Crippen LogP contribution in [0.4, 0.5) is 5.13 Å². The van der Waals surface area contributed by atoms with Crippen LogP contribution in [0.25, 0.3) is 0 Å². The van der Waals surface area contributed by atoms with Crippen LogP contribution in [0, 0.1) is 0 Å². The normalized spacial score (nSPS) is 11.2. The zero-order valence-corrected chi connectivity index (χ0v) is 13.1. The van der Waals surface area contributed by atoms with Crippen LogP contribution < -0.4 is 5.32 Å². The van der Waals surface area contributed by atoms with Gasteiger partial charge < -0.3 is 10.1 Å². The Kier molecular flexibility index (Phi) is 5.81. The van der Waals surface area contributed by atoms with Crippen molar-refractivity contribution in [3.05, 3.63) is 11.1 Å². The molecular formula is C12H18N2O3S2. The second-order valence-electron chi connectivity index (χ2n) is 4.85. The van der Waals surface area contributed by atoms with Crippen molar-refractivity contribution in [1.82, 2.24) is 4.98 Å². The summed E-state index contributed by atoms with van der Waals surface area (Å²) >= 11 is 2.88. The van der Waals surface area contributed by atoms with Crippen molar-refractivity contribution in [2.75, 3.05) is 18.2 Å². The number of methoxy groups -OCH3 is 1. The number of hydrogen-bond donors (Lipinski definition) is 1. The number of hydrogen-bond acceptors (Lipinski definition) is 6. The maximum Gasteiger partial charge on any atom is 0.311 e. The summed E-state index contributed by atoms with van der Waals surface area (Å²) in [7, 11) is 1.33. The number of aromatic nitrogens is 1. The van der Waals surface area contributed by atoms with Crippen LogP contribution in [-0.4, -0.2) is 34.5 Å². The second-order valence-corrected chi connectivity index (χ2v) is 7.51. The van der Waals surface area contributed by atoms with Crippen molar-refractivity contribution < 1.29 is 14.3 Å². The largest absolute Gasteiger partial charge is 0.469 e. The van der Waals surface area contributed by atoms with Crippen LogP contribution in [0.15, 0.2) is 5.38 Å². The summed E-state index contributed by atoms with van der Waals surface area (Å²) < 4.78 is 4.61. The highest BCUT2D eigenvalue weighted by molar-refractivity contribution is 8.01. The molecule has 1 heterocycles. The van der Waals surface area contributed by atoms with Crippen LogP contribution in [0.2, 0.25) is 0 Å². The monoisotopic (exact) mass is 302 g/mol. The second kappa shape index (κ2) is 6.91. The summed E-state index contributed by atoms with van der Waals surface area (Å²) in [6, 6.07) is 0. The number of ether oxygens (including phenoxy) is 1. The van der Waals surface area contributed by atoms with Crippen molar-refractivity contribution >= 4 is 40.1 Å². The quantitative estimate of drug-likeness (QED) is 0.845. The van der Waals surface area contributed by atoms with Gasteiger partial charge >= 0.3 is 5.97 Å². The molecule has 0 aromatic carbocycles. The lowest BCUT2D eigenvalue weighted by molar-refractivity contribution is -0.139. The molecule has 5 nitrogen and oxygen atoms in total. The van der Waals surface area contributed by atoms with E-state index in [9.17, 15) is 9.59 Å². The maximum absolute atomic E-state index is 11.7. The minimum atomic E-state index is -0.341. The fraction of sp³-hybridized carbons (Fsp3) is 0.583. The molecule has 19 heavy (non-hydrogen) atoms. The zero-order valence-electron chi connectivity index (χ0n) is 11.5. The summed E-state index contributed by atoms with van der Waals surface area (Å²) in [6.45, 7) is 6.18. The van der Waals surface area contributed by atoms with E-state index in [0.717, 1.165) is 0 Å². The van der Waals surface area contributed by atoms with E-state index in [2.05, 4.69) is 35.8 Å². The van der Waals surface area contributed by atoms with Crippen molar-refractivity contribution in [3.8, 4) is 0 Å². The summed E-state index contributed by atoms with van der Waals surface area (Å²) in [4.78, 5) is 26.9. The third-order valence-electron chi connectivity index (χ3n) is 1.99. The third kappa shape index (κ3) is 6.58. The minimum Gasteiger partial charge on any atom is -0.469 e. The van der Waals surface area contributed by atoms with E-state index in [0.29, 0.717) is 16.6 Å². The van der Waals surface area contributed by atoms with Crippen molar-refractivity contribution in [2.24, 2.45) is 0 Å². The van der Waals surface area contributed by atoms with Gasteiger partial charge in [-0.1, -0.05) is 20.8 Å². The van der Waals surface area contributed by atoms with E-state index in [1.165, 1.54) is 18.4 Å². The first-order valence-electron chi connectivity index (χ1n) is 5.75. The maximum atomic E-state index is 11.7. The molecule has 0 aliphatic rings. The molecule has 0 aliphatic heterocycles. The molecule has 1 aromatic heterocycles. The van der Waals surface area contributed by atoms with Crippen LogP contribution in [0.5, 0.6) is 0 Å². The first-order chi connectivity index (χ1) is 8.80. The van der Waals surface area contributed by atoms with Crippen LogP contribution >= 0.6 is 23.1 Å². The number of anilines is 1. The average Bonchev–Trinajstić information content (AvgIpc) is 2.73. The molecule has 0 bridgehead atoms. The molecule has 0 atom stereocenters. The molecule has 1 rings (SSSR count). The van der Waals surface area contributed by atoms with E-state index in [1.54, 1.807) is 17.1 Å². The topological polar surface area (TPSA) is 68.3 Å². The Morgan fingerprint density at radius 1 is 1.47 bits per heavy atom. The summed E-state index contributed by atoms with van der Waals surface area (Å²) in [5.74, 6) is -0.0413. The van der Waals surface area contributed by atoms with Gasteiger partial charge in [0, 0.05) is 10.1 Å². The molecule has 7 heteroatoms. The Morgan fingerprint density at radius 2 is 2.16 bits per heavy atom. The molecule has 0 fully saturated rings. The lowest BCUT2D eigenvalue weighted by Crippen LogP contribution is -2.18. The number of esters is 1. The highest BCUT2D eigenvalue weighted by atomic mass is 32.2. The summed E-state index contributed by atoms with van der Waals surface area (Å²) in [5, 5.41) is 4.97. The molecule has 0 unspecified atom stereocenters. The number of nitrogens with zero attached hydrogens (tertiary/aromatic N) is 1. The van der Waals surface area contributed by atoms with Crippen molar-refractivity contribution in [1.29, 1.82) is 0 Å². The number of carbonyl (C=O) groups excluding carboxylic acids is 2. The Hall–Kier alpha value is -1.08. The van der Waals surface area contributed by atoms with Crippen molar-refractivity contribution in [2.45, 2.75) is 31.9 Å². The smallest absolute Gasteiger partial charge is 0.311 e. The molecule has 1 N–H and O–H groups in total. The van der Waals surface area contributed by atoms with Crippen LogP contribution in [-0.2, 0) is 20.7 Å². The fourth-order valence-electron chi connectivity index (χ4n) is 1.10. The van der Waals surface area contributed by atoms with Gasteiger partial charge in [-0.2, -0.15) is 0 Å². The molecule has 1 amide bonds. The highest BCUT2D eigenvalue weighted by Crippen LogP contribution is 2.23. The predicted molar refractivity (Wildman–Crippen MR) is 78.7 cm³/mol. The Morgan fingerprint density at radius 3 is 2.74 bits per heavy atom. The first-order valence-corrected chi connectivity index (χ1v) is 7.62. The third-order valence-corrected chi connectivity index (χ3v) is 4.07. The molecule has 106 valence electrons. The standard InChI is InChI=1S/C12H18N2O3S2/c1-12(2,3)19-7-9(15)14-11-13-8(6-18-11)5-10(16)17-4/h6H,5,7H2,1-4H3,(H,13,14,15). The van der Waals surface area contributed by atoms with E-state index in [-0.39, 0.29) is 23.0 Å². The number of thioether (sulfide) groups is 1. The summed E-state index contributed by atoms with van der Waals surface area (Å²) in [5.41, 5.74) is 0.607. The van der Waals surface area contributed by atoms with Crippen LogP contribution in [0.3, 0.4) is 0 Å². The van der Waals surface area contributed by atoms with Crippen LogP contribution in [0.1, 0.15) is 26.5 Å². The molecular weight excluding hydrogens is 284 g/mol. The first kappa shape index (κ1) is 16.0. The number of thiazole rings is 1. The fourth-order valence-corrected chi connectivity index (χ4v) is 2.47. The Labute approximate surface area is 121 Å². The number of rotatable bonds is 5. The average molecular weight is 302 g/mol. The molecule has 0 saturated carbocycles. The van der Waals surface area contributed by atoms with Gasteiger partial charge in [-0.3, -0.25) is 9.59 Å². The van der Waals surface area contributed by atoms with Gasteiger partial charge in [0.2, 0.25) is 5.91 Å². The van der Waals surface area contributed by atoms with Gasteiger partial charge in [-0.15, -0.1) is 23.1 Å². The molecule has 0 saturated heterocycles. The van der Waals surface area contributed by atoms with Gasteiger partial charge in [0.25, 0.3) is 0 Å². The number of carbonyl (C=O) groups is 2. The Balaban J connectivity index is 2.45.